The Kier molecular flexibility index (Phi) is 5.57. The standard InChI is InChI=1S/C20H26N4O2S/c25-19(6-4-17-2-1-11-27-17)23-9-8-18-15(13-23)3-5-20(26)24(18)10-7-16-12-21-14-22-16/h1-2,11-12,14-15,18H,3-10,13H2,(H,21,22)/t15-,18+/m1/s1. The summed E-state index contributed by atoms with van der Waals surface area (Å²) in [5, 5.41) is 2.06. The zero-order valence-electron chi connectivity index (χ0n) is 15.5. The molecule has 1 N–H and O–H groups in total. The number of aromatic nitrogens is 2. The van der Waals surface area contributed by atoms with Crippen LogP contribution in [0.1, 0.15) is 36.3 Å². The van der Waals surface area contributed by atoms with Gasteiger partial charge in [-0.15, -0.1) is 11.3 Å². The van der Waals surface area contributed by atoms with Crippen molar-refractivity contribution in [3.05, 3.63) is 40.6 Å². The van der Waals surface area contributed by atoms with E-state index in [4.69, 9.17) is 0 Å². The molecule has 0 unspecified atom stereocenters. The number of hydrogen-bond donors (Lipinski definition) is 1. The van der Waals surface area contributed by atoms with E-state index in [1.54, 1.807) is 17.7 Å². The zero-order valence-corrected chi connectivity index (χ0v) is 16.3. The Morgan fingerprint density at radius 1 is 1.33 bits per heavy atom. The average Bonchev–Trinajstić information content (AvgIpc) is 3.39. The molecule has 7 heteroatoms. The third kappa shape index (κ3) is 4.24. The van der Waals surface area contributed by atoms with Crippen molar-refractivity contribution < 1.29 is 9.59 Å². The molecule has 2 amide bonds. The summed E-state index contributed by atoms with van der Waals surface area (Å²) in [6.45, 7) is 2.29. The number of aromatic amines is 1. The Morgan fingerprint density at radius 2 is 2.26 bits per heavy atom. The van der Waals surface area contributed by atoms with Crippen molar-refractivity contribution in [1.82, 2.24) is 19.8 Å². The van der Waals surface area contributed by atoms with Crippen molar-refractivity contribution in [2.75, 3.05) is 19.6 Å². The molecule has 2 saturated heterocycles. The normalized spacial score (nSPS) is 22.7. The van der Waals surface area contributed by atoms with Gasteiger partial charge in [0, 0.05) is 61.7 Å². The zero-order chi connectivity index (χ0) is 18.6. The summed E-state index contributed by atoms with van der Waals surface area (Å²) >= 11 is 1.71. The minimum Gasteiger partial charge on any atom is -0.348 e. The van der Waals surface area contributed by atoms with Crippen LogP contribution in [0.2, 0.25) is 0 Å². The monoisotopic (exact) mass is 386 g/mol. The number of thiophene rings is 1. The summed E-state index contributed by atoms with van der Waals surface area (Å²) < 4.78 is 0. The van der Waals surface area contributed by atoms with Gasteiger partial charge in [0.1, 0.15) is 0 Å². The van der Waals surface area contributed by atoms with Gasteiger partial charge in [-0.3, -0.25) is 9.59 Å². The van der Waals surface area contributed by atoms with Crippen LogP contribution in [0.3, 0.4) is 0 Å². The molecular formula is C20H26N4O2S. The van der Waals surface area contributed by atoms with Gasteiger partial charge >= 0.3 is 0 Å². The lowest BCUT2D eigenvalue weighted by molar-refractivity contribution is -0.144. The lowest BCUT2D eigenvalue weighted by Gasteiger charge is -2.47. The molecule has 2 aromatic heterocycles. The summed E-state index contributed by atoms with van der Waals surface area (Å²) in [7, 11) is 0. The van der Waals surface area contributed by atoms with Crippen LogP contribution >= 0.6 is 11.3 Å². The number of carbonyl (C=O) groups is 2. The van der Waals surface area contributed by atoms with Crippen LogP contribution in [0.4, 0.5) is 0 Å². The predicted octanol–water partition coefficient (Wildman–Crippen LogP) is 2.49. The first-order valence-corrected chi connectivity index (χ1v) is 10.7. The maximum atomic E-state index is 12.6. The summed E-state index contributed by atoms with van der Waals surface area (Å²) in [6.07, 6.45) is 8.11. The fourth-order valence-corrected chi connectivity index (χ4v) is 5.08. The highest BCUT2D eigenvalue weighted by atomic mass is 32.1. The number of hydrogen-bond acceptors (Lipinski definition) is 4. The minimum absolute atomic E-state index is 0.253. The second kappa shape index (κ2) is 8.25. The van der Waals surface area contributed by atoms with Crippen LogP contribution < -0.4 is 0 Å². The topological polar surface area (TPSA) is 69.3 Å². The SMILES string of the molecule is O=C(CCc1cccs1)N1CC[C@H]2[C@H](CCC(=O)N2CCc2cnc[nH]2)C1. The van der Waals surface area contributed by atoms with Crippen molar-refractivity contribution in [1.29, 1.82) is 0 Å². The number of nitrogens with one attached hydrogen (secondary N) is 1. The van der Waals surface area contributed by atoms with E-state index in [9.17, 15) is 9.59 Å². The molecule has 0 aliphatic carbocycles. The van der Waals surface area contributed by atoms with E-state index in [2.05, 4.69) is 26.3 Å². The van der Waals surface area contributed by atoms with E-state index in [1.807, 2.05) is 17.2 Å². The molecular weight excluding hydrogens is 360 g/mol. The van der Waals surface area contributed by atoms with Crippen LogP contribution in [0.5, 0.6) is 0 Å². The number of likely N-dealkylation sites (tertiary alicyclic amines) is 2. The molecule has 6 nitrogen and oxygen atoms in total. The first-order valence-electron chi connectivity index (χ1n) is 9.77. The molecule has 4 rings (SSSR count). The lowest BCUT2D eigenvalue weighted by atomic mass is 9.83. The van der Waals surface area contributed by atoms with Gasteiger partial charge in [0.25, 0.3) is 0 Å². The number of piperidine rings is 2. The van der Waals surface area contributed by atoms with E-state index >= 15 is 0 Å². The number of imidazole rings is 1. The Labute approximate surface area is 163 Å². The van der Waals surface area contributed by atoms with Gasteiger partial charge in [-0.05, 0) is 36.6 Å². The van der Waals surface area contributed by atoms with E-state index < -0.39 is 0 Å². The summed E-state index contributed by atoms with van der Waals surface area (Å²) in [4.78, 5) is 37.6. The number of aryl methyl sites for hydroxylation is 1. The third-order valence-electron chi connectivity index (χ3n) is 5.84. The Bertz CT molecular complexity index is 759. The highest BCUT2D eigenvalue weighted by Gasteiger charge is 2.39. The Balaban J connectivity index is 1.32. The molecule has 2 atom stereocenters. The number of H-pyrrole nitrogens is 1. The van der Waals surface area contributed by atoms with Crippen LogP contribution in [-0.4, -0.2) is 57.3 Å². The number of carbonyl (C=O) groups excluding carboxylic acids is 2. The lowest BCUT2D eigenvalue weighted by Crippen LogP contribution is -2.57. The largest absolute Gasteiger partial charge is 0.348 e. The molecule has 0 aromatic carbocycles. The number of rotatable bonds is 6. The van der Waals surface area contributed by atoms with Gasteiger partial charge in [-0.25, -0.2) is 4.98 Å². The van der Waals surface area contributed by atoms with Gasteiger partial charge in [0.2, 0.25) is 11.8 Å². The van der Waals surface area contributed by atoms with Gasteiger partial charge in [0.15, 0.2) is 0 Å². The molecule has 0 radical (unpaired) electrons. The molecule has 144 valence electrons. The van der Waals surface area contributed by atoms with E-state index in [0.717, 1.165) is 51.0 Å². The molecule has 27 heavy (non-hydrogen) atoms. The van der Waals surface area contributed by atoms with Crippen LogP contribution in [0.25, 0.3) is 0 Å². The van der Waals surface area contributed by atoms with Gasteiger partial charge in [-0.2, -0.15) is 0 Å². The predicted molar refractivity (Wildman–Crippen MR) is 104 cm³/mol. The molecule has 2 aliphatic rings. The number of fused-ring (bicyclic) bond motifs is 1. The molecule has 0 spiro atoms. The maximum absolute atomic E-state index is 12.6. The summed E-state index contributed by atoms with van der Waals surface area (Å²) in [5.41, 5.74) is 1.06. The van der Waals surface area contributed by atoms with E-state index in [0.29, 0.717) is 18.8 Å². The minimum atomic E-state index is 0.253. The fourth-order valence-electron chi connectivity index (χ4n) is 4.37. The van der Waals surface area contributed by atoms with Crippen molar-refractivity contribution in [2.24, 2.45) is 5.92 Å². The van der Waals surface area contributed by atoms with Gasteiger partial charge < -0.3 is 14.8 Å². The first-order chi connectivity index (χ1) is 13.2. The van der Waals surface area contributed by atoms with Crippen LogP contribution in [-0.2, 0) is 22.4 Å². The molecule has 0 bridgehead atoms. The number of nitrogens with zero attached hydrogens (tertiary/aromatic N) is 3. The van der Waals surface area contributed by atoms with Crippen molar-refractivity contribution >= 4 is 23.2 Å². The Morgan fingerprint density at radius 3 is 3.04 bits per heavy atom. The van der Waals surface area contributed by atoms with E-state index in [1.165, 1.54) is 4.88 Å². The highest BCUT2D eigenvalue weighted by molar-refractivity contribution is 7.09. The Hall–Kier alpha value is -2.15. The van der Waals surface area contributed by atoms with E-state index in [-0.39, 0.29) is 17.9 Å². The molecule has 2 aromatic rings. The molecule has 0 saturated carbocycles. The van der Waals surface area contributed by atoms with Crippen molar-refractivity contribution in [2.45, 2.75) is 44.6 Å². The van der Waals surface area contributed by atoms with Gasteiger partial charge in [-0.1, -0.05) is 6.07 Å². The first kappa shape index (κ1) is 18.2. The highest BCUT2D eigenvalue weighted by Crippen LogP contribution is 2.31. The molecule has 2 fully saturated rings. The summed E-state index contributed by atoms with van der Waals surface area (Å²) in [6, 6.07) is 4.40. The van der Waals surface area contributed by atoms with Crippen molar-refractivity contribution in [3.8, 4) is 0 Å². The quantitative estimate of drug-likeness (QED) is 0.829. The summed E-state index contributed by atoms with van der Waals surface area (Å²) in [5.74, 6) is 0.917. The maximum Gasteiger partial charge on any atom is 0.222 e. The average molecular weight is 387 g/mol. The van der Waals surface area contributed by atoms with Crippen molar-refractivity contribution in [3.63, 3.8) is 0 Å². The second-order valence-corrected chi connectivity index (χ2v) is 8.52. The molecule has 2 aliphatic heterocycles. The fraction of sp³-hybridized carbons (Fsp3) is 0.550. The number of amides is 2. The smallest absolute Gasteiger partial charge is 0.222 e. The third-order valence-corrected chi connectivity index (χ3v) is 6.77. The van der Waals surface area contributed by atoms with Crippen LogP contribution in [0.15, 0.2) is 30.0 Å². The van der Waals surface area contributed by atoms with Gasteiger partial charge in [0.05, 0.1) is 6.33 Å². The second-order valence-electron chi connectivity index (χ2n) is 7.49. The molecule has 4 heterocycles. The van der Waals surface area contributed by atoms with Crippen LogP contribution in [0, 0.1) is 5.92 Å².